The Kier molecular flexibility index (Phi) is 6.55. The number of hydrogen-bond acceptors (Lipinski definition) is 5. The summed E-state index contributed by atoms with van der Waals surface area (Å²) in [5, 5.41) is 11.0. The summed E-state index contributed by atoms with van der Waals surface area (Å²) >= 11 is 0. The molecule has 0 aliphatic carbocycles. The summed E-state index contributed by atoms with van der Waals surface area (Å²) in [6.07, 6.45) is 0.737. The molecule has 28 heavy (non-hydrogen) atoms. The van der Waals surface area contributed by atoms with Crippen molar-refractivity contribution in [3.63, 3.8) is 0 Å². The summed E-state index contributed by atoms with van der Waals surface area (Å²) in [5.74, 6) is 0.916. The lowest BCUT2D eigenvalue weighted by atomic mass is 10.1. The van der Waals surface area contributed by atoms with Crippen LogP contribution in [-0.2, 0) is 24.3 Å². The van der Waals surface area contributed by atoms with Crippen molar-refractivity contribution < 1.29 is 9.21 Å². The molecule has 2 aromatic carbocycles. The van der Waals surface area contributed by atoms with Gasteiger partial charge in [-0.1, -0.05) is 42.0 Å². The molecule has 0 radical (unpaired) electrons. The van der Waals surface area contributed by atoms with Crippen LogP contribution in [0.5, 0.6) is 0 Å². The number of aryl methyl sites for hydroxylation is 2. The lowest BCUT2D eigenvalue weighted by Crippen LogP contribution is -2.23. The van der Waals surface area contributed by atoms with E-state index in [1.807, 2.05) is 57.4 Å². The molecule has 0 fully saturated rings. The molecule has 1 N–H and O–H groups in total. The molecule has 0 spiro atoms. The first kappa shape index (κ1) is 19.8. The molecule has 1 amide bonds. The average molecular weight is 378 g/mol. The first-order chi connectivity index (χ1) is 13.5. The zero-order valence-corrected chi connectivity index (χ0v) is 16.6. The second kappa shape index (κ2) is 9.28. The molecule has 3 rings (SSSR count). The van der Waals surface area contributed by atoms with Crippen LogP contribution in [0.25, 0.3) is 11.5 Å². The predicted molar refractivity (Wildman–Crippen MR) is 108 cm³/mol. The highest BCUT2D eigenvalue weighted by molar-refractivity contribution is 5.76. The summed E-state index contributed by atoms with van der Waals surface area (Å²) in [7, 11) is 4.09. The molecule has 0 aliphatic rings. The van der Waals surface area contributed by atoms with Gasteiger partial charge in [0, 0.05) is 31.5 Å². The summed E-state index contributed by atoms with van der Waals surface area (Å²) in [6.45, 7) is 3.45. The van der Waals surface area contributed by atoms with Crippen molar-refractivity contribution in [3.8, 4) is 11.5 Å². The van der Waals surface area contributed by atoms with Gasteiger partial charge >= 0.3 is 0 Å². The van der Waals surface area contributed by atoms with Crippen LogP contribution >= 0.6 is 0 Å². The first-order valence-electron chi connectivity index (χ1n) is 9.38. The Balaban J connectivity index is 1.45. The van der Waals surface area contributed by atoms with Crippen molar-refractivity contribution >= 4 is 5.91 Å². The Morgan fingerprint density at radius 1 is 1.00 bits per heavy atom. The van der Waals surface area contributed by atoms with Crippen LogP contribution in [0.4, 0.5) is 0 Å². The SMILES string of the molecule is Cc1ccc(-c2nnc(CCC(=O)NCc3ccc(CN(C)C)cc3)o2)cc1. The number of hydrogen-bond donors (Lipinski definition) is 1. The summed E-state index contributed by atoms with van der Waals surface area (Å²) in [6, 6.07) is 16.2. The molecule has 0 bridgehead atoms. The van der Waals surface area contributed by atoms with Crippen LogP contribution in [0, 0.1) is 6.92 Å². The number of carbonyl (C=O) groups excluding carboxylic acids is 1. The lowest BCUT2D eigenvalue weighted by molar-refractivity contribution is -0.121. The maximum absolute atomic E-state index is 12.1. The van der Waals surface area contributed by atoms with Gasteiger partial charge in [-0.25, -0.2) is 0 Å². The molecule has 1 aromatic heterocycles. The highest BCUT2D eigenvalue weighted by Gasteiger charge is 2.10. The van der Waals surface area contributed by atoms with Crippen LogP contribution < -0.4 is 5.32 Å². The highest BCUT2D eigenvalue weighted by Crippen LogP contribution is 2.18. The summed E-state index contributed by atoms with van der Waals surface area (Å²) < 4.78 is 5.66. The molecule has 0 saturated carbocycles. The Hall–Kier alpha value is -2.99. The Bertz CT molecular complexity index is 899. The monoisotopic (exact) mass is 378 g/mol. The number of aromatic nitrogens is 2. The predicted octanol–water partition coefficient (Wildman–Crippen LogP) is 3.36. The number of rotatable bonds is 8. The molecule has 0 unspecified atom stereocenters. The van der Waals surface area contributed by atoms with Crippen molar-refractivity contribution in [3.05, 3.63) is 71.1 Å². The maximum atomic E-state index is 12.1. The zero-order chi connectivity index (χ0) is 19.9. The minimum atomic E-state index is -0.0348. The normalized spacial score (nSPS) is 11.0. The van der Waals surface area contributed by atoms with Crippen molar-refractivity contribution in [2.24, 2.45) is 0 Å². The molecular weight excluding hydrogens is 352 g/mol. The van der Waals surface area contributed by atoms with Gasteiger partial charge in [0.1, 0.15) is 0 Å². The van der Waals surface area contributed by atoms with Crippen molar-refractivity contribution in [1.29, 1.82) is 0 Å². The van der Waals surface area contributed by atoms with Crippen LogP contribution in [0.3, 0.4) is 0 Å². The van der Waals surface area contributed by atoms with Crippen LogP contribution in [0.2, 0.25) is 0 Å². The standard InChI is InChI=1S/C22H26N4O2/c1-16-4-10-19(11-5-16)22-25-24-21(28-22)13-12-20(27)23-14-17-6-8-18(9-7-17)15-26(2)3/h4-11H,12-15H2,1-3H3,(H,23,27). The third-order valence-corrected chi connectivity index (χ3v) is 4.34. The van der Waals surface area contributed by atoms with E-state index in [9.17, 15) is 4.79 Å². The van der Waals surface area contributed by atoms with E-state index in [0.717, 1.165) is 17.7 Å². The Morgan fingerprint density at radius 2 is 1.68 bits per heavy atom. The largest absolute Gasteiger partial charge is 0.421 e. The van der Waals surface area contributed by atoms with E-state index in [1.165, 1.54) is 11.1 Å². The molecule has 3 aromatic rings. The second-order valence-corrected chi connectivity index (χ2v) is 7.20. The first-order valence-corrected chi connectivity index (χ1v) is 9.38. The highest BCUT2D eigenvalue weighted by atomic mass is 16.4. The van der Waals surface area contributed by atoms with E-state index in [4.69, 9.17) is 4.42 Å². The molecule has 0 atom stereocenters. The van der Waals surface area contributed by atoms with Gasteiger partial charge in [-0.3, -0.25) is 4.79 Å². The smallest absolute Gasteiger partial charge is 0.247 e. The summed E-state index contributed by atoms with van der Waals surface area (Å²) in [5.41, 5.74) is 4.38. The fourth-order valence-corrected chi connectivity index (χ4v) is 2.80. The van der Waals surface area contributed by atoms with Gasteiger partial charge in [0.25, 0.3) is 0 Å². The fourth-order valence-electron chi connectivity index (χ4n) is 2.80. The minimum Gasteiger partial charge on any atom is -0.421 e. The van der Waals surface area contributed by atoms with E-state index in [-0.39, 0.29) is 5.91 Å². The van der Waals surface area contributed by atoms with E-state index < -0.39 is 0 Å². The van der Waals surface area contributed by atoms with Gasteiger partial charge in [-0.05, 0) is 44.3 Å². The van der Waals surface area contributed by atoms with E-state index in [2.05, 4.69) is 32.5 Å². The van der Waals surface area contributed by atoms with Gasteiger partial charge in [-0.2, -0.15) is 0 Å². The molecule has 6 heteroatoms. The van der Waals surface area contributed by atoms with E-state index in [0.29, 0.717) is 31.2 Å². The fraction of sp³-hybridized carbons (Fsp3) is 0.318. The number of nitrogens with zero attached hydrogens (tertiary/aromatic N) is 3. The maximum Gasteiger partial charge on any atom is 0.247 e. The molecule has 146 valence electrons. The van der Waals surface area contributed by atoms with Crippen molar-refractivity contribution in [1.82, 2.24) is 20.4 Å². The van der Waals surface area contributed by atoms with Gasteiger partial charge in [-0.15, -0.1) is 10.2 Å². The molecule has 6 nitrogen and oxygen atoms in total. The third kappa shape index (κ3) is 5.76. The number of benzene rings is 2. The quantitative estimate of drug-likeness (QED) is 0.651. The van der Waals surface area contributed by atoms with Crippen LogP contribution in [0.15, 0.2) is 52.9 Å². The second-order valence-electron chi connectivity index (χ2n) is 7.20. The van der Waals surface area contributed by atoms with Crippen molar-refractivity contribution in [2.45, 2.75) is 32.9 Å². The number of carbonyl (C=O) groups is 1. The molecule has 1 heterocycles. The van der Waals surface area contributed by atoms with Crippen LogP contribution in [-0.4, -0.2) is 35.1 Å². The average Bonchev–Trinajstić information content (AvgIpc) is 3.15. The zero-order valence-electron chi connectivity index (χ0n) is 16.6. The van der Waals surface area contributed by atoms with Gasteiger partial charge in [0.2, 0.25) is 17.7 Å². The van der Waals surface area contributed by atoms with Gasteiger partial charge < -0.3 is 14.6 Å². The molecular formula is C22H26N4O2. The number of amides is 1. The summed E-state index contributed by atoms with van der Waals surface area (Å²) in [4.78, 5) is 14.2. The van der Waals surface area contributed by atoms with Gasteiger partial charge in [0.05, 0.1) is 0 Å². The third-order valence-electron chi connectivity index (χ3n) is 4.34. The minimum absolute atomic E-state index is 0.0348. The van der Waals surface area contributed by atoms with Crippen molar-refractivity contribution in [2.75, 3.05) is 14.1 Å². The topological polar surface area (TPSA) is 71.3 Å². The Morgan fingerprint density at radius 3 is 2.36 bits per heavy atom. The Labute approximate surface area is 165 Å². The molecule has 0 aliphatic heterocycles. The molecule has 0 saturated heterocycles. The lowest BCUT2D eigenvalue weighted by Gasteiger charge is -2.10. The van der Waals surface area contributed by atoms with Crippen LogP contribution in [0.1, 0.15) is 29.0 Å². The number of nitrogens with one attached hydrogen (secondary N) is 1. The van der Waals surface area contributed by atoms with E-state index >= 15 is 0 Å². The van der Waals surface area contributed by atoms with E-state index in [1.54, 1.807) is 0 Å². The van der Waals surface area contributed by atoms with Gasteiger partial charge in [0.15, 0.2) is 0 Å².